The van der Waals surface area contributed by atoms with Crippen LogP contribution in [-0.2, 0) is 0 Å². The summed E-state index contributed by atoms with van der Waals surface area (Å²) in [6, 6.07) is 12.8. The van der Waals surface area contributed by atoms with Gasteiger partial charge in [0.1, 0.15) is 5.75 Å². The molecule has 2 unspecified atom stereocenters. The number of nitrogens with one attached hydrogen (secondary N) is 2. The van der Waals surface area contributed by atoms with Crippen molar-refractivity contribution in [3.8, 4) is 11.8 Å². The highest BCUT2D eigenvalue weighted by Gasteiger charge is 2.34. The number of pyridine rings is 1. The SMILES string of the molecule is COc1ccc(C2CN(CC(C)(C)C#N)CCC2NC(=O)Nc2ccc(Cl)cc2)nc1. The number of carbonyl (C=O) groups is 1. The Morgan fingerprint density at radius 3 is 2.68 bits per heavy atom. The van der Waals surface area contributed by atoms with Crippen LogP contribution in [0.4, 0.5) is 10.5 Å². The molecule has 1 fully saturated rings. The highest BCUT2D eigenvalue weighted by atomic mass is 35.5. The molecule has 2 amide bonds. The monoisotopic (exact) mass is 441 g/mol. The second kappa shape index (κ2) is 9.99. The zero-order valence-electron chi connectivity index (χ0n) is 18.1. The van der Waals surface area contributed by atoms with Crippen molar-refractivity contribution in [2.75, 3.05) is 32.1 Å². The third-order valence-corrected chi connectivity index (χ3v) is 5.66. The molecule has 2 aromatic rings. The number of methoxy groups -OCH3 is 1. The Kier molecular flexibility index (Phi) is 7.37. The maximum absolute atomic E-state index is 12.6. The Balaban J connectivity index is 1.74. The Hall–Kier alpha value is -2.82. The molecule has 0 bridgehead atoms. The van der Waals surface area contributed by atoms with Crippen molar-refractivity contribution in [2.45, 2.75) is 32.2 Å². The lowest BCUT2D eigenvalue weighted by atomic mass is 9.86. The van der Waals surface area contributed by atoms with Gasteiger partial charge in [0.2, 0.25) is 0 Å². The van der Waals surface area contributed by atoms with Gasteiger partial charge in [0.25, 0.3) is 0 Å². The minimum Gasteiger partial charge on any atom is -0.495 e. The van der Waals surface area contributed by atoms with Crippen molar-refractivity contribution in [3.63, 3.8) is 0 Å². The van der Waals surface area contributed by atoms with Crippen molar-refractivity contribution in [3.05, 3.63) is 53.3 Å². The Morgan fingerprint density at radius 1 is 1.32 bits per heavy atom. The lowest BCUT2D eigenvalue weighted by Crippen LogP contribution is -2.52. The normalized spacial score (nSPS) is 19.3. The molecule has 1 aliphatic rings. The fourth-order valence-corrected chi connectivity index (χ4v) is 3.96. The third-order valence-electron chi connectivity index (χ3n) is 5.41. The topological polar surface area (TPSA) is 90.3 Å². The Bertz CT molecular complexity index is 924. The Morgan fingerprint density at radius 2 is 2.06 bits per heavy atom. The molecule has 7 nitrogen and oxygen atoms in total. The first-order valence-corrected chi connectivity index (χ1v) is 10.6. The number of likely N-dealkylation sites (tertiary alicyclic amines) is 1. The largest absolute Gasteiger partial charge is 0.495 e. The summed E-state index contributed by atoms with van der Waals surface area (Å²) in [6.45, 7) is 6.05. The molecule has 31 heavy (non-hydrogen) atoms. The van der Waals surface area contributed by atoms with Gasteiger partial charge in [-0.05, 0) is 56.7 Å². The number of ether oxygens (including phenoxy) is 1. The number of piperidine rings is 1. The molecule has 2 N–H and O–H groups in total. The van der Waals surface area contributed by atoms with Crippen LogP contribution < -0.4 is 15.4 Å². The number of hydrogen-bond donors (Lipinski definition) is 2. The van der Waals surface area contributed by atoms with E-state index in [2.05, 4.69) is 26.6 Å². The zero-order chi connectivity index (χ0) is 22.4. The molecule has 0 spiro atoms. The molecule has 1 aromatic heterocycles. The summed E-state index contributed by atoms with van der Waals surface area (Å²) in [6.07, 6.45) is 2.45. The molecule has 1 saturated heterocycles. The van der Waals surface area contributed by atoms with E-state index in [1.165, 1.54) is 0 Å². The van der Waals surface area contributed by atoms with Gasteiger partial charge in [0, 0.05) is 48.0 Å². The molecule has 2 heterocycles. The van der Waals surface area contributed by atoms with E-state index in [-0.39, 0.29) is 18.0 Å². The van der Waals surface area contributed by atoms with E-state index in [1.807, 2.05) is 26.0 Å². The average molecular weight is 442 g/mol. The molecule has 0 aliphatic carbocycles. The van der Waals surface area contributed by atoms with E-state index in [1.54, 1.807) is 37.6 Å². The van der Waals surface area contributed by atoms with Crippen LogP contribution in [0, 0.1) is 16.7 Å². The van der Waals surface area contributed by atoms with Crippen molar-refractivity contribution < 1.29 is 9.53 Å². The number of hydrogen-bond acceptors (Lipinski definition) is 5. The number of benzene rings is 1. The number of anilines is 1. The molecular weight excluding hydrogens is 414 g/mol. The summed E-state index contributed by atoms with van der Waals surface area (Å²) in [7, 11) is 1.61. The number of aromatic nitrogens is 1. The van der Waals surface area contributed by atoms with Crippen molar-refractivity contribution in [1.29, 1.82) is 5.26 Å². The molecule has 0 radical (unpaired) electrons. The van der Waals surface area contributed by atoms with Crippen LogP contribution in [0.5, 0.6) is 5.75 Å². The van der Waals surface area contributed by atoms with E-state index < -0.39 is 5.41 Å². The van der Waals surface area contributed by atoms with E-state index in [0.717, 1.165) is 18.7 Å². The summed E-state index contributed by atoms with van der Waals surface area (Å²) >= 11 is 5.91. The van der Waals surface area contributed by atoms with Gasteiger partial charge in [0.15, 0.2) is 0 Å². The molecule has 2 atom stereocenters. The molecule has 3 rings (SSSR count). The predicted octanol–water partition coefficient (Wildman–Crippen LogP) is 4.27. The summed E-state index contributed by atoms with van der Waals surface area (Å²) in [5.41, 5.74) is 1.12. The molecule has 1 aromatic carbocycles. The summed E-state index contributed by atoms with van der Waals surface area (Å²) in [5.74, 6) is 0.678. The van der Waals surface area contributed by atoms with Gasteiger partial charge in [-0.2, -0.15) is 5.26 Å². The van der Waals surface area contributed by atoms with E-state index in [9.17, 15) is 10.1 Å². The maximum atomic E-state index is 12.6. The third kappa shape index (κ3) is 6.33. The van der Waals surface area contributed by atoms with E-state index >= 15 is 0 Å². The van der Waals surface area contributed by atoms with Crippen LogP contribution in [0.2, 0.25) is 5.02 Å². The first-order valence-electron chi connectivity index (χ1n) is 10.3. The number of halogens is 1. The number of urea groups is 1. The number of rotatable bonds is 6. The van der Waals surface area contributed by atoms with Gasteiger partial charge in [-0.25, -0.2) is 4.79 Å². The van der Waals surface area contributed by atoms with Gasteiger partial charge in [-0.1, -0.05) is 11.6 Å². The summed E-state index contributed by atoms with van der Waals surface area (Å²) in [4.78, 5) is 19.5. The molecule has 8 heteroatoms. The minimum absolute atomic E-state index is 0.00915. The van der Waals surface area contributed by atoms with Gasteiger partial charge in [-0.3, -0.25) is 4.98 Å². The van der Waals surface area contributed by atoms with E-state index in [0.29, 0.717) is 29.5 Å². The number of nitrogens with zero attached hydrogens (tertiary/aromatic N) is 3. The second-order valence-corrected chi connectivity index (χ2v) is 8.90. The average Bonchev–Trinajstić information content (AvgIpc) is 2.76. The van der Waals surface area contributed by atoms with Gasteiger partial charge in [0.05, 0.1) is 24.8 Å². The first-order chi connectivity index (χ1) is 14.8. The molecule has 164 valence electrons. The highest BCUT2D eigenvalue weighted by molar-refractivity contribution is 6.30. The molecule has 0 saturated carbocycles. The second-order valence-electron chi connectivity index (χ2n) is 8.46. The quantitative estimate of drug-likeness (QED) is 0.698. The maximum Gasteiger partial charge on any atom is 0.319 e. The fourth-order valence-electron chi connectivity index (χ4n) is 3.83. The standard InChI is InChI=1S/C23H28ClN5O2/c1-23(2,14-25)15-29-11-10-21(19(13-29)20-9-8-18(31-3)12-26-20)28-22(30)27-17-6-4-16(24)5-7-17/h4-9,12,19,21H,10-11,13,15H2,1-3H3,(H2,27,28,30). The number of carbonyl (C=O) groups excluding carboxylic acids is 1. The molecular formula is C23H28ClN5O2. The minimum atomic E-state index is -0.440. The van der Waals surface area contributed by atoms with Crippen molar-refractivity contribution >= 4 is 23.3 Å². The van der Waals surface area contributed by atoms with Gasteiger partial charge < -0.3 is 20.3 Å². The number of nitriles is 1. The van der Waals surface area contributed by atoms with Crippen LogP contribution in [-0.4, -0.2) is 48.7 Å². The molecule has 1 aliphatic heterocycles. The summed E-state index contributed by atoms with van der Waals surface area (Å²) in [5, 5.41) is 16.0. The van der Waals surface area contributed by atoms with E-state index in [4.69, 9.17) is 16.3 Å². The smallest absolute Gasteiger partial charge is 0.319 e. The van der Waals surface area contributed by atoms with Crippen LogP contribution in [0.3, 0.4) is 0 Å². The van der Waals surface area contributed by atoms with Crippen LogP contribution in [0.1, 0.15) is 31.9 Å². The van der Waals surface area contributed by atoms with Crippen LogP contribution in [0.15, 0.2) is 42.6 Å². The van der Waals surface area contributed by atoms with Crippen molar-refractivity contribution in [2.24, 2.45) is 5.41 Å². The number of amides is 2. The summed E-state index contributed by atoms with van der Waals surface area (Å²) < 4.78 is 5.23. The van der Waals surface area contributed by atoms with Gasteiger partial charge >= 0.3 is 6.03 Å². The highest BCUT2D eigenvalue weighted by Crippen LogP contribution is 2.29. The Labute approximate surface area is 188 Å². The van der Waals surface area contributed by atoms with Crippen LogP contribution >= 0.6 is 11.6 Å². The first kappa shape index (κ1) is 22.9. The fraction of sp³-hybridized carbons (Fsp3) is 0.435. The van der Waals surface area contributed by atoms with Gasteiger partial charge in [-0.15, -0.1) is 0 Å². The lowest BCUT2D eigenvalue weighted by Gasteiger charge is -2.40. The lowest BCUT2D eigenvalue weighted by molar-refractivity contribution is 0.143. The van der Waals surface area contributed by atoms with Crippen molar-refractivity contribution in [1.82, 2.24) is 15.2 Å². The van der Waals surface area contributed by atoms with Crippen LogP contribution in [0.25, 0.3) is 0 Å². The zero-order valence-corrected chi connectivity index (χ0v) is 18.8. The predicted molar refractivity (Wildman–Crippen MR) is 121 cm³/mol.